The highest BCUT2D eigenvalue weighted by Crippen LogP contribution is 2.30. The third kappa shape index (κ3) is 9.85. The standard InChI is InChI=1S/C26H28ClN7O2.C4F6O2/c1-16(35)34-8-2-3-18(15-34)10-24(36)32-23-7-6-20-11-19(23)5-4-17-9-21(13-28-12-17)31-26-29-14-22(27)25(30-20)33-26;5-3(6,7)1(11)2(12)4(8,9)10/h6-7,9,11-14,18H,2-5,8,10,15H2,1H3,(H,32,36)(H2,29,30,31,33);/t18-;/m0./s1. The minimum Gasteiger partial charge on any atom is -0.343 e. The Morgan fingerprint density at radius 3 is 2.33 bits per heavy atom. The Bertz CT molecular complexity index is 1680. The third-order valence-electron chi connectivity index (χ3n) is 7.28. The first-order valence-electron chi connectivity index (χ1n) is 14.4. The van der Waals surface area contributed by atoms with Crippen molar-refractivity contribution in [1.82, 2.24) is 19.9 Å². The number of fused-ring (bicyclic) bond motifs is 6. The van der Waals surface area contributed by atoms with Crippen LogP contribution in [0.3, 0.4) is 0 Å². The van der Waals surface area contributed by atoms with E-state index < -0.39 is 23.9 Å². The highest BCUT2D eigenvalue weighted by Gasteiger charge is 2.54. The van der Waals surface area contributed by atoms with E-state index in [1.165, 1.54) is 0 Å². The van der Waals surface area contributed by atoms with Crippen LogP contribution in [0.1, 0.15) is 37.3 Å². The van der Waals surface area contributed by atoms with Crippen molar-refractivity contribution in [1.29, 1.82) is 0 Å². The average Bonchev–Trinajstić information content (AvgIpc) is 3.01. The Labute approximate surface area is 274 Å². The lowest BCUT2D eigenvalue weighted by molar-refractivity contribution is -0.193. The SMILES string of the molecule is CC(=O)N1CCC[C@@H](CC(=O)Nc2ccc3cc2CCc2cncc(c2)Nc2ncc(Cl)c(n2)N3)C1.O=C(C(=O)C(F)(F)F)C(F)(F)F. The van der Waals surface area contributed by atoms with E-state index in [1.807, 2.05) is 35.4 Å². The zero-order chi connectivity index (χ0) is 35.2. The lowest BCUT2D eigenvalue weighted by Crippen LogP contribution is -2.39. The van der Waals surface area contributed by atoms with Crippen LogP contribution in [0.5, 0.6) is 0 Å². The molecule has 18 heteroatoms. The van der Waals surface area contributed by atoms with E-state index in [4.69, 9.17) is 11.6 Å². The van der Waals surface area contributed by atoms with Crippen LogP contribution < -0.4 is 16.0 Å². The number of pyridine rings is 1. The summed E-state index contributed by atoms with van der Waals surface area (Å²) < 4.78 is 67.0. The summed E-state index contributed by atoms with van der Waals surface area (Å²) in [5, 5.41) is 9.96. The number of rotatable bonds is 4. The smallest absolute Gasteiger partial charge is 0.343 e. The van der Waals surface area contributed by atoms with Gasteiger partial charge in [0, 0.05) is 44.0 Å². The molecule has 1 fully saturated rings. The van der Waals surface area contributed by atoms with Gasteiger partial charge in [-0.2, -0.15) is 31.3 Å². The van der Waals surface area contributed by atoms with Gasteiger partial charge in [-0.3, -0.25) is 24.2 Å². The molecule has 0 aliphatic carbocycles. The maximum atomic E-state index is 13.0. The van der Waals surface area contributed by atoms with Gasteiger partial charge in [-0.15, -0.1) is 0 Å². The number of aryl methyl sites for hydroxylation is 2. The molecule has 2 amide bonds. The highest BCUT2D eigenvalue weighted by atomic mass is 35.5. The van der Waals surface area contributed by atoms with Gasteiger partial charge in [-0.1, -0.05) is 11.6 Å². The largest absolute Gasteiger partial charge is 0.458 e. The van der Waals surface area contributed by atoms with Crippen molar-refractivity contribution < 1.29 is 45.5 Å². The number of benzene rings is 1. The molecule has 3 aromatic rings. The molecule has 2 aliphatic rings. The molecule has 2 aliphatic heterocycles. The zero-order valence-corrected chi connectivity index (χ0v) is 25.9. The lowest BCUT2D eigenvalue weighted by atomic mass is 9.94. The Morgan fingerprint density at radius 2 is 1.67 bits per heavy atom. The van der Waals surface area contributed by atoms with E-state index in [0.29, 0.717) is 36.2 Å². The monoisotopic (exact) mass is 699 g/mol. The highest BCUT2D eigenvalue weighted by molar-refractivity contribution is 6.41. The fourth-order valence-corrected chi connectivity index (χ4v) is 5.13. The van der Waals surface area contributed by atoms with Crippen LogP contribution in [0.15, 0.2) is 42.9 Å². The maximum Gasteiger partial charge on any atom is 0.458 e. The maximum absolute atomic E-state index is 13.0. The van der Waals surface area contributed by atoms with Gasteiger partial charge in [0.25, 0.3) is 0 Å². The normalized spacial score (nSPS) is 15.9. The van der Waals surface area contributed by atoms with E-state index in [1.54, 1.807) is 19.3 Å². The molecule has 0 saturated carbocycles. The number of nitrogens with one attached hydrogen (secondary N) is 3. The molecule has 3 N–H and O–H groups in total. The predicted molar refractivity (Wildman–Crippen MR) is 162 cm³/mol. The summed E-state index contributed by atoms with van der Waals surface area (Å²) in [6, 6.07) is 7.82. The zero-order valence-electron chi connectivity index (χ0n) is 25.1. The molecule has 0 spiro atoms. The second kappa shape index (κ2) is 15.0. The van der Waals surface area contributed by atoms with Gasteiger partial charge in [-0.05, 0) is 67.0 Å². The van der Waals surface area contributed by atoms with E-state index in [-0.39, 0.29) is 17.7 Å². The Kier molecular flexibility index (Phi) is 11.2. The molecule has 5 rings (SSSR count). The molecular weight excluding hydrogens is 672 g/mol. The van der Waals surface area contributed by atoms with Gasteiger partial charge < -0.3 is 20.9 Å². The van der Waals surface area contributed by atoms with Gasteiger partial charge in [0.1, 0.15) is 5.02 Å². The van der Waals surface area contributed by atoms with Crippen molar-refractivity contribution in [2.24, 2.45) is 5.92 Å². The number of hydrogen-bond acceptors (Lipinski definition) is 9. The molecule has 11 nitrogen and oxygen atoms in total. The number of anilines is 5. The van der Waals surface area contributed by atoms with Crippen molar-refractivity contribution in [2.75, 3.05) is 29.0 Å². The van der Waals surface area contributed by atoms with Crippen LogP contribution >= 0.6 is 11.6 Å². The summed E-state index contributed by atoms with van der Waals surface area (Å²) in [6.45, 7) is 3.00. The number of carbonyl (C=O) groups excluding carboxylic acids is 4. The summed E-state index contributed by atoms with van der Waals surface area (Å²) in [4.78, 5) is 58.9. The van der Waals surface area contributed by atoms with Crippen LogP contribution in [-0.2, 0) is 32.0 Å². The topological polar surface area (TPSA) is 146 Å². The predicted octanol–water partition coefficient (Wildman–Crippen LogP) is 5.95. The quantitative estimate of drug-likeness (QED) is 0.222. The van der Waals surface area contributed by atoms with Crippen LogP contribution in [0, 0.1) is 5.92 Å². The van der Waals surface area contributed by atoms with Crippen molar-refractivity contribution in [2.45, 2.75) is 51.4 Å². The van der Waals surface area contributed by atoms with Crippen LogP contribution in [-0.4, -0.2) is 68.7 Å². The van der Waals surface area contributed by atoms with E-state index >= 15 is 0 Å². The summed E-state index contributed by atoms with van der Waals surface area (Å²) in [5.41, 5.74) is 4.41. The minimum atomic E-state index is -5.77. The van der Waals surface area contributed by atoms with Crippen molar-refractivity contribution in [3.8, 4) is 0 Å². The summed E-state index contributed by atoms with van der Waals surface area (Å²) >= 11 is 6.35. The minimum absolute atomic E-state index is 0.0402. The third-order valence-corrected chi connectivity index (χ3v) is 7.56. The number of hydrogen-bond donors (Lipinski definition) is 3. The number of Topliss-reactive ketones (excluding diaryl/α,β-unsaturated/α-hetero) is 2. The molecule has 256 valence electrons. The van der Waals surface area contributed by atoms with Crippen LogP contribution in [0.2, 0.25) is 5.02 Å². The van der Waals surface area contributed by atoms with Gasteiger partial charge in [0.2, 0.25) is 17.8 Å². The van der Waals surface area contributed by atoms with Crippen molar-refractivity contribution in [3.63, 3.8) is 0 Å². The Balaban J connectivity index is 0.000000371. The number of likely N-dealkylation sites (tertiary alicyclic amines) is 1. The van der Waals surface area contributed by atoms with Crippen LogP contribution in [0.4, 0.5) is 55.2 Å². The molecule has 1 atom stereocenters. The average molecular weight is 700 g/mol. The van der Waals surface area contributed by atoms with Crippen molar-refractivity contribution in [3.05, 3.63) is 59.0 Å². The van der Waals surface area contributed by atoms with Gasteiger partial charge in [-0.25, -0.2) is 4.98 Å². The van der Waals surface area contributed by atoms with E-state index in [2.05, 4.69) is 30.9 Å². The Morgan fingerprint density at radius 1 is 0.958 bits per heavy atom. The number of ketones is 2. The molecule has 0 radical (unpaired) electrons. The molecular formula is C30H28ClF6N7O4. The summed E-state index contributed by atoms with van der Waals surface area (Å²) in [6.07, 6.45) is -2.73. The fourth-order valence-electron chi connectivity index (χ4n) is 4.99. The first-order chi connectivity index (χ1) is 22.5. The first kappa shape index (κ1) is 36.0. The first-order valence-corrected chi connectivity index (χ1v) is 14.8. The summed E-state index contributed by atoms with van der Waals surface area (Å²) in [5.74, 6) is -5.72. The number of amides is 2. The van der Waals surface area contributed by atoms with E-state index in [9.17, 15) is 45.5 Å². The van der Waals surface area contributed by atoms with Crippen LogP contribution in [0.25, 0.3) is 0 Å². The number of halogens is 7. The molecule has 1 saturated heterocycles. The van der Waals surface area contributed by atoms with E-state index in [0.717, 1.165) is 54.0 Å². The number of nitrogens with zero attached hydrogens (tertiary/aromatic N) is 4. The molecule has 48 heavy (non-hydrogen) atoms. The molecule has 2 aromatic heterocycles. The number of alkyl halides is 6. The fraction of sp³-hybridized carbons (Fsp3) is 0.367. The number of piperidine rings is 1. The van der Waals surface area contributed by atoms with Gasteiger partial charge in [0.15, 0.2) is 5.82 Å². The molecule has 6 bridgehead atoms. The summed E-state index contributed by atoms with van der Waals surface area (Å²) in [7, 11) is 0. The number of carbonyl (C=O) groups is 4. The molecule has 4 heterocycles. The molecule has 0 unspecified atom stereocenters. The Hall–Kier alpha value is -4.80. The number of aromatic nitrogens is 3. The second-order valence-electron chi connectivity index (χ2n) is 11.0. The van der Waals surface area contributed by atoms with Crippen molar-refractivity contribution >= 4 is 63.8 Å². The second-order valence-corrected chi connectivity index (χ2v) is 11.4. The van der Waals surface area contributed by atoms with Gasteiger partial charge >= 0.3 is 23.9 Å². The molecule has 1 aromatic carbocycles. The lowest BCUT2D eigenvalue weighted by Gasteiger charge is -2.31. The van der Waals surface area contributed by atoms with Gasteiger partial charge in [0.05, 0.1) is 18.1 Å².